The van der Waals surface area contributed by atoms with Crippen molar-refractivity contribution >= 4 is 28.4 Å². The molecule has 0 saturated carbocycles. The molecule has 0 atom stereocenters. The van der Waals surface area contributed by atoms with Gasteiger partial charge in [0.15, 0.2) is 5.65 Å². The monoisotopic (exact) mass is 355 g/mol. The predicted molar refractivity (Wildman–Crippen MR) is 95.4 cm³/mol. The van der Waals surface area contributed by atoms with Gasteiger partial charge in [-0.1, -0.05) is 12.1 Å². The number of hydrogen-bond donors (Lipinski definition) is 2. The fourth-order valence-electron chi connectivity index (χ4n) is 3.08. The summed E-state index contributed by atoms with van der Waals surface area (Å²) in [6.45, 7) is 3.14. The standard InChI is InChI=1S/C17H18FN7O/c18-13-3-1-2-4-14(13)22-15(26)10-24-5-7-25(8-6-24)17-12-9-21-23-16(12)19-11-20-17/h1-4,9,11H,5-8,10H2,(H,22,26)(H,19,20,21,23). The van der Waals surface area contributed by atoms with Gasteiger partial charge in [0.2, 0.25) is 5.91 Å². The van der Waals surface area contributed by atoms with Crippen molar-refractivity contribution in [3.63, 3.8) is 0 Å². The van der Waals surface area contributed by atoms with Gasteiger partial charge >= 0.3 is 0 Å². The maximum atomic E-state index is 13.6. The second kappa shape index (κ2) is 7.04. The number of para-hydroxylation sites is 1. The first kappa shape index (κ1) is 16.4. The van der Waals surface area contributed by atoms with Gasteiger partial charge in [0.05, 0.1) is 23.8 Å². The molecule has 1 aliphatic rings. The van der Waals surface area contributed by atoms with Crippen LogP contribution < -0.4 is 10.2 Å². The molecule has 1 aromatic carbocycles. The van der Waals surface area contributed by atoms with Gasteiger partial charge in [-0.2, -0.15) is 5.10 Å². The molecule has 2 aromatic heterocycles. The normalized spacial score (nSPS) is 15.3. The number of carbonyl (C=O) groups excluding carboxylic acids is 1. The van der Waals surface area contributed by atoms with E-state index in [0.717, 1.165) is 24.3 Å². The largest absolute Gasteiger partial charge is 0.353 e. The summed E-state index contributed by atoms with van der Waals surface area (Å²) in [4.78, 5) is 24.9. The van der Waals surface area contributed by atoms with Gasteiger partial charge in [0.1, 0.15) is 18.0 Å². The number of aromatic nitrogens is 4. The van der Waals surface area contributed by atoms with E-state index >= 15 is 0 Å². The van der Waals surface area contributed by atoms with Crippen molar-refractivity contribution in [2.24, 2.45) is 0 Å². The molecule has 1 amide bonds. The zero-order valence-electron chi connectivity index (χ0n) is 14.0. The summed E-state index contributed by atoms with van der Waals surface area (Å²) < 4.78 is 13.6. The van der Waals surface area contributed by atoms with Crippen LogP contribution in [0.25, 0.3) is 11.0 Å². The van der Waals surface area contributed by atoms with E-state index in [-0.39, 0.29) is 18.1 Å². The predicted octanol–water partition coefficient (Wildman–Crippen LogP) is 1.25. The Morgan fingerprint density at radius 1 is 1.19 bits per heavy atom. The van der Waals surface area contributed by atoms with Gasteiger partial charge in [-0.25, -0.2) is 14.4 Å². The minimum absolute atomic E-state index is 0.208. The van der Waals surface area contributed by atoms with Crippen molar-refractivity contribution in [2.45, 2.75) is 0 Å². The number of piperazine rings is 1. The molecular formula is C17H18FN7O. The molecule has 3 heterocycles. The number of rotatable bonds is 4. The quantitative estimate of drug-likeness (QED) is 0.732. The first-order valence-electron chi connectivity index (χ1n) is 8.36. The van der Waals surface area contributed by atoms with E-state index in [0.29, 0.717) is 18.7 Å². The molecule has 0 radical (unpaired) electrons. The van der Waals surface area contributed by atoms with Crippen molar-refractivity contribution < 1.29 is 9.18 Å². The molecule has 1 aliphatic heterocycles. The molecule has 4 rings (SSSR count). The molecule has 0 bridgehead atoms. The number of halogens is 1. The highest BCUT2D eigenvalue weighted by atomic mass is 19.1. The number of nitrogens with zero attached hydrogens (tertiary/aromatic N) is 5. The van der Waals surface area contributed by atoms with E-state index in [9.17, 15) is 9.18 Å². The fourth-order valence-corrected chi connectivity index (χ4v) is 3.08. The average Bonchev–Trinajstić information content (AvgIpc) is 3.13. The van der Waals surface area contributed by atoms with Crippen LogP contribution in [0.1, 0.15) is 0 Å². The van der Waals surface area contributed by atoms with Crippen molar-refractivity contribution in [3.8, 4) is 0 Å². The lowest BCUT2D eigenvalue weighted by Gasteiger charge is -2.35. The summed E-state index contributed by atoms with van der Waals surface area (Å²) in [6, 6.07) is 6.16. The average molecular weight is 355 g/mol. The van der Waals surface area contributed by atoms with Gasteiger partial charge in [-0.3, -0.25) is 14.8 Å². The van der Waals surface area contributed by atoms with E-state index in [4.69, 9.17) is 0 Å². The van der Waals surface area contributed by atoms with Gasteiger partial charge in [0.25, 0.3) is 0 Å². The number of amides is 1. The molecule has 1 fully saturated rings. The van der Waals surface area contributed by atoms with Crippen LogP contribution in [0.15, 0.2) is 36.8 Å². The highest BCUT2D eigenvalue weighted by Gasteiger charge is 2.22. The second-order valence-electron chi connectivity index (χ2n) is 6.12. The Morgan fingerprint density at radius 3 is 2.81 bits per heavy atom. The molecule has 1 saturated heterocycles. The number of hydrogen-bond acceptors (Lipinski definition) is 6. The molecule has 0 unspecified atom stereocenters. The molecule has 9 heteroatoms. The maximum absolute atomic E-state index is 13.6. The van der Waals surface area contributed by atoms with Crippen LogP contribution in [-0.2, 0) is 4.79 Å². The van der Waals surface area contributed by atoms with Crippen LogP contribution in [0.3, 0.4) is 0 Å². The third-order valence-corrected chi connectivity index (χ3v) is 4.41. The van der Waals surface area contributed by atoms with E-state index in [1.807, 2.05) is 4.90 Å². The van der Waals surface area contributed by atoms with Gasteiger partial charge < -0.3 is 10.2 Å². The number of aromatic amines is 1. The Labute approximate surface area is 149 Å². The maximum Gasteiger partial charge on any atom is 0.238 e. The molecule has 3 aromatic rings. The Hall–Kier alpha value is -3.07. The summed E-state index contributed by atoms with van der Waals surface area (Å²) >= 11 is 0. The fraction of sp³-hybridized carbons (Fsp3) is 0.294. The highest BCUT2D eigenvalue weighted by molar-refractivity contribution is 5.92. The summed E-state index contributed by atoms with van der Waals surface area (Å²) in [6.07, 6.45) is 3.24. The molecule has 0 aliphatic carbocycles. The third-order valence-electron chi connectivity index (χ3n) is 4.41. The van der Waals surface area contributed by atoms with Crippen LogP contribution >= 0.6 is 0 Å². The zero-order chi connectivity index (χ0) is 17.9. The Kier molecular flexibility index (Phi) is 4.44. The summed E-state index contributed by atoms with van der Waals surface area (Å²) in [5.41, 5.74) is 0.918. The lowest BCUT2D eigenvalue weighted by molar-refractivity contribution is -0.117. The number of H-pyrrole nitrogens is 1. The number of fused-ring (bicyclic) bond motifs is 1. The SMILES string of the molecule is O=C(CN1CCN(c2ncnc3[nH]ncc23)CC1)Nc1ccccc1F. The lowest BCUT2D eigenvalue weighted by Crippen LogP contribution is -2.49. The second-order valence-corrected chi connectivity index (χ2v) is 6.12. The minimum Gasteiger partial charge on any atom is -0.353 e. The van der Waals surface area contributed by atoms with Crippen LogP contribution in [0.4, 0.5) is 15.9 Å². The molecule has 0 spiro atoms. The van der Waals surface area contributed by atoms with Crippen molar-refractivity contribution in [1.82, 2.24) is 25.1 Å². The van der Waals surface area contributed by atoms with Crippen molar-refractivity contribution in [1.29, 1.82) is 0 Å². The number of anilines is 2. The number of benzene rings is 1. The smallest absolute Gasteiger partial charge is 0.238 e. The Bertz CT molecular complexity index is 920. The summed E-state index contributed by atoms with van der Waals surface area (Å²) in [7, 11) is 0. The van der Waals surface area contributed by atoms with E-state index in [2.05, 4.69) is 30.4 Å². The molecule has 8 nitrogen and oxygen atoms in total. The van der Waals surface area contributed by atoms with Gasteiger partial charge in [-0.05, 0) is 12.1 Å². The molecular weight excluding hydrogens is 337 g/mol. The van der Waals surface area contributed by atoms with Crippen molar-refractivity contribution in [2.75, 3.05) is 42.9 Å². The number of nitrogens with one attached hydrogen (secondary N) is 2. The minimum atomic E-state index is -0.432. The first-order valence-corrected chi connectivity index (χ1v) is 8.36. The van der Waals surface area contributed by atoms with E-state index < -0.39 is 5.82 Å². The first-order chi connectivity index (χ1) is 12.7. The van der Waals surface area contributed by atoms with Crippen LogP contribution in [0, 0.1) is 5.82 Å². The Morgan fingerprint density at radius 2 is 2.00 bits per heavy atom. The summed E-state index contributed by atoms with van der Waals surface area (Å²) in [5, 5.41) is 10.4. The zero-order valence-corrected chi connectivity index (χ0v) is 14.0. The van der Waals surface area contributed by atoms with Crippen molar-refractivity contribution in [3.05, 3.63) is 42.6 Å². The van der Waals surface area contributed by atoms with Crippen LogP contribution in [0.5, 0.6) is 0 Å². The van der Waals surface area contributed by atoms with Gasteiger partial charge in [0, 0.05) is 26.2 Å². The lowest BCUT2D eigenvalue weighted by atomic mass is 10.2. The highest BCUT2D eigenvalue weighted by Crippen LogP contribution is 2.22. The van der Waals surface area contributed by atoms with Gasteiger partial charge in [-0.15, -0.1) is 0 Å². The topological polar surface area (TPSA) is 90.0 Å². The number of carbonyl (C=O) groups is 1. The summed E-state index contributed by atoms with van der Waals surface area (Å²) in [5.74, 6) is 0.195. The molecule has 26 heavy (non-hydrogen) atoms. The van der Waals surface area contributed by atoms with Crippen LogP contribution in [-0.4, -0.2) is 63.7 Å². The third kappa shape index (κ3) is 3.33. The van der Waals surface area contributed by atoms with E-state index in [1.54, 1.807) is 24.4 Å². The molecule has 2 N–H and O–H groups in total. The van der Waals surface area contributed by atoms with E-state index in [1.165, 1.54) is 12.4 Å². The van der Waals surface area contributed by atoms with Crippen LogP contribution in [0.2, 0.25) is 0 Å². The molecule has 134 valence electrons. The Balaban J connectivity index is 1.34.